The first kappa shape index (κ1) is 36.9. The van der Waals surface area contributed by atoms with Gasteiger partial charge in [0.25, 0.3) is 12.3 Å². The molecule has 1 aliphatic heterocycles. The lowest BCUT2D eigenvalue weighted by molar-refractivity contribution is -0.148. The molecule has 276 valence electrons. The molecular formula is C35H36ClF5N8O3. The van der Waals surface area contributed by atoms with Crippen molar-refractivity contribution in [2.75, 3.05) is 6.61 Å². The molecule has 0 radical (unpaired) electrons. The van der Waals surface area contributed by atoms with Crippen LogP contribution in [0.1, 0.15) is 82.9 Å². The Morgan fingerprint density at radius 2 is 1.79 bits per heavy atom. The molecule has 2 aromatic carbocycles. The second-order valence-electron chi connectivity index (χ2n) is 14.4. The first-order valence-electron chi connectivity index (χ1n) is 16.3. The van der Waals surface area contributed by atoms with Crippen molar-refractivity contribution in [3.8, 4) is 16.8 Å². The van der Waals surface area contributed by atoms with Crippen molar-refractivity contribution in [2.24, 2.45) is 22.1 Å². The normalized spacial score (nSPS) is 22.3. The summed E-state index contributed by atoms with van der Waals surface area (Å²) in [5.41, 5.74) is 4.79. The number of amides is 1. The van der Waals surface area contributed by atoms with E-state index in [9.17, 15) is 31.5 Å². The van der Waals surface area contributed by atoms with Gasteiger partial charge in [-0.1, -0.05) is 62.7 Å². The average Bonchev–Trinajstić information content (AvgIpc) is 3.53. The highest BCUT2D eigenvalue weighted by molar-refractivity contribution is 6.32. The van der Waals surface area contributed by atoms with E-state index < -0.39 is 65.9 Å². The summed E-state index contributed by atoms with van der Waals surface area (Å²) in [5.74, 6) is -2.65. The fourth-order valence-corrected chi connectivity index (χ4v) is 6.75. The van der Waals surface area contributed by atoms with E-state index >= 15 is 0 Å². The summed E-state index contributed by atoms with van der Waals surface area (Å²) in [6, 6.07) is 9.86. The van der Waals surface area contributed by atoms with Crippen LogP contribution in [-0.4, -0.2) is 59.6 Å². The number of ether oxygens (including phenoxy) is 1. The summed E-state index contributed by atoms with van der Waals surface area (Å²) in [4.78, 5) is 37.4. The Hall–Kier alpha value is -4.86. The molecule has 17 heteroatoms. The molecule has 0 spiro atoms. The standard InChI is InChI=1S/C35H36ClF5N8O3/c1-33(2,3)17-35(22-8-5-19(6-9-22)21-14-44-47(15-21)31(39)40)30(51)48(32(42)46-35)26(16-52-27(50)12-23-13-34(23,4)41)20-7-10-24(36)25(11-20)49-29(28(37)38)43-18-45-49/h5-11,14-15,18,23,26,28,31H,12-13,16-17H2,1-4H3,(H2,42,46)/t23?,26-,34?,35-/m1/s1. The predicted octanol–water partition coefficient (Wildman–Crippen LogP) is 7.33. The van der Waals surface area contributed by atoms with E-state index in [0.29, 0.717) is 21.4 Å². The molecule has 1 amide bonds. The number of carbonyl (C=O) groups excluding carboxylic acids is 2. The number of carbonyl (C=O) groups is 2. The highest BCUT2D eigenvalue weighted by Gasteiger charge is 2.54. The van der Waals surface area contributed by atoms with Crippen LogP contribution in [0.25, 0.3) is 16.8 Å². The highest BCUT2D eigenvalue weighted by atomic mass is 35.5. The number of benzene rings is 2. The van der Waals surface area contributed by atoms with Crippen LogP contribution < -0.4 is 5.73 Å². The van der Waals surface area contributed by atoms with Gasteiger partial charge in [0, 0.05) is 17.7 Å². The molecule has 2 aliphatic rings. The molecule has 1 saturated carbocycles. The molecule has 6 rings (SSSR count). The van der Waals surface area contributed by atoms with Crippen molar-refractivity contribution in [3.05, 3.63) is 83.2 Å². The molecule has 1 fully saturated rings. The third kappa shape index (κ3) is 7.25. The minimum Gasteiger partial charge on any atom is -0.463 e. The van der Waals surface area contributed by atoms with Crippen LogP contribution in [-0.2, 0) is 19.9 Å². The van der Waals surface area contributed by atoms with Crippen LogP contribution in [0.15, 0.2) is 66.2 Å². The number of nitrogens with zero attached hydrogens (tertiary/aromatic N) is 7. The number of rotatable bonds is 12. The lowest BCUT2D eigenvalue weighted by Gasteiger charge is -2.35. The van der Waals surface area contributed by atoms with Gasteiger partial charge in [-0.15, -0.1) is 0 Å². The second-order valence-corrected chi connectivity index (χ2v) is 14.8. The number of hydrogen-bond donors (Lipinski definition) is 1. The fourth-order valence-electron chi connectivity index (χ4n) is 6.55. The quantitative estimate of drug-likeness (QED) is 0.119. The van der Waals surface area contributed by atoms with Gasteiger partial charge in [-0.05, 0) is 54.0 Å². The Morgan fingerprint density at radius 1 is 1.10 bits per heavy atom. The predicted molar refractivity (Wildman–Crippen MR) is 180 cm³/mol. The molecule has 4 atom stereocenters. The van der Waals surface area contributed by atoms with Crippen LogP contribution in [0, 0.1) is 11.3 Å². The van der Waals surface area contributed by atoms with Crippen LogP contribution in [0.5, 0.6) is 0 Å². The molecule has 2 N–H and O–H groups in total. The van der Waals surface area contributed by atoms with Crippen molar-refractivity contribution in [1.82, 2.24) is 29.4 Å². The molecule has 52 heavy (non-hydrogen) atoms. The molecule has 0 saturated heterocycles. The van der Waals surface area contributed by atoms with E-state index in [0.717, 1.165) is 11.0 Å². The monoisotopic (exact) mass is 746 g/mol. The SMILES string of the molecule is CC(C)(C)C[C@]1(c2ccc(-c3cnn(C(F)F)c3)cc2)N=C(N)N([C@H](COC(=O)CC2CC2(C)F)c2ccc(Cl)c(-n3ncnc3C(F)F)c2)C1=O. The molecule has 2 unspecified atom stereocenters. The Balaban J connectivity index is 1.39. The number of hydrogen-bond acceptors (Lipinski definition) is 8. The van der Waals surface area contributed by atoms with E-state index in [1.807, 2.05) is 20.8 Å². The average molecular weight is 747 g/mol. The topological polar surface area (TPSA) is 134 Å². The zero-order valence-corrected chi connectivity index (χ0v) is 29.4. The Bertz CT molecular complexity index is 2010. The zero-order valence-electron chi connectivity index (χ0n) is 28.6. The van der Waals surface area contributed by atoms with Crippen LogP contribution in [0.3, 0.4) is 0 Å². The van der Waals surface area contributed by atoms with E-state index in [2.05, 4.69) is 15.2 Å². The third-order valence-corrected chi connectivity index (χ3v) is 9.54. The van der Waals surface area contributed by atoms with Crippen molar-refractivity contribution in [1.29, 1.82) is 0 Å². The number of alkyl halides is 5. The summed E-state index contributed by atoms with van der Waals surface area (Å²) in [6.45, 7) is 3.90. The number of aliphatic imine (C=N–C) groups is 1. The molecule has 4 aromatic rings. The lowest BCUT2D eigenvalue weighted by atomic mass is 9.75. The minimum absolute atomic E-state index is 0.0170. The van der Waals surface area contributed by atoms with Crippen LogP contribution in [0.4, 0.5) is 22.0 Å². The third-order valence-electron chi connectivity index (χ3n) is 9.22. The maximum absolute atomic E-state index is 14.9. The van der Waals surface area contributed by atoms with Gasteiger partial charge >= 0.3 is 12.5 Å². The second kappa shape index (κ2) is 13.6. The van der Waals surface area contributed by atoms with E-state index in [1.54, 1.807) is 24.3 Å². The van der Waals surface area contributed by atoms with E-state index in [-0.39, 0.29) is 41.5 Å². The molecular weight excluding hydrogens is 711 g/mol. The Kier molecular flexibility index (Phi) is 9.66. The molecule has 2 aromatic heterocycles. The summed E-state index contributed by atoms with van der Waals surface area (Å²) in [6.07, 6.45) is 0.667. The number of halogens is 6. The molecule has 0 bridgehead atoms. The number of guanidine groups is 1. The van der Waals surface area contributed by atoms with Crippen molar-refractivity contribution < 1.29 is 36.3 Å². The van der Waals surface area contributed by atoms with Gasteiger partial charge in [-0.25, -0.2) is 32.5 Å². The van der Waals surface area contributed by atoms with Crippen molar-refractivity contribution in [2.45, 2.75) is 77.2 Å². The summed E-state index contributed by atoms with van der Waals surface area (Å²) in [7, 11) is 0. The van der Waals surface area contributed by atoms with Gasteiger partial charge in [0.05, 0.1) is 29.4 Å². The first-order chi connectivity index (χ1) is 24.4. The number of nitrogens with two attached hydrogens (primary N) is 1. The number of esters is 1. The van der Waals surface area contributed by atoms with Gasteiger partial charge in [0.1, 0.15) is 18.6 Å². The van der Waals surface area contributed by atoms with Crippen molar-refractivity contribution in [3.63, 3.8) is 0 Å². The maximum Gasteiger partial charge on any atom is 0.333 e. The van der Waals surface area contributed by atoms with Gasteiger partial charge in [-0.3, -0.25) is 14.5 Å². The maximum atomic E-state index is 14.9. The minimum atomic E-state index is -2.99. The van der Waals surface area contributed by atoms with Crippen molar-refractivity contribution >= 4 is 29.4 Å². The van der Waals surface area contributed by atoms with E-state index in [4.69, 9.17) is 27.1 Å². The van der Waals surface area contributed by atoms with Crippen LogP contribution in [0.2, 0.25) is 5.02 Å². The highest BCUT2D eigenvalue weighted by Crippen LogP contribution is 2.49. The summed E-state index contributed by atoms with van der Waals surface area (Å²) < 4.78 is 75.3. The largest absolute Gasteiger partial charge is 0.463 e. The van der Waals surface area contributed by atoms with E-state index in [1.165, 1.54) is 42.4 Å². The van der Waals surface area contributed by atoms with Gasteiger partial charge in [-0.2, -0.15) is 19.0 Å². The van der Waals surface area contributed by atoms with Gasteiger partial charge in [0.2, 0.25) is 0 Å². The molecule has 3 heterocycles. The molecule has 1 aliphatic carbocycles. The summed E-state index contributed by atoms with van der Waals surface area (Å²) in [5, 5.41) is 7.65. The van der Waals surface area contributed by atoms with Crippen LogP contribution >= 0.6 is 11.6 Å². The lowest BCUT2D eigenvalue weighted by Crippen LogP contribution is -2.47. The smallest absolute Gasteiger partial charge is 0.333 e. The zero-order chi connectivity index (χ0) is 37.7. The summed E-state index contributed by atoms with van der Waals surface area (Å²) >= 11 is 6.45. The van der Waals surface area contributed by atoms with Gasteiger partial charge < -0.3 is 10.5 Å². The number of aromatic nitrogens is 5. The first-order valence-corrected chi connectivity index (χ1v) is 16.7. The Labute approximate surface area is 300 Å². The molecule has 11 nitrogen and oxygen atoms in total. The van der Waals surface area contributed by atoms with Gasteiger partial charge in [0.15, 0.2) is 17.3 Å². The Morgan fingerprint density at radius 3 is 2.38 bits per heavy atom. The fraction of sp³-hybridized carbons (Fsp3) is 0.429.